The Hall–Kier alpha value is -1.76. The summed E-state index contributed by atoms with van der Waals surface area (Å²) < 4.78 is 27.9. The summed E-state index contributed by atoms with van der Waals surface area (Å²) in [5.74, 6) is -2.71. The Bertz CT molecular complexity index is 640. The lowest BCUT2D eigenvalue weighted by atomic mass is 10.1. The van der Waals surface area contributed by atoms with Gasteiger partial charge in [0.1, 0.15) is 11.6 Å². The first kappa shape index (κ1) is 12.7. The van der Waals surface area contributed by atoms with E-state index in [0.29, 0.717) is 5.69 Å². The number of halogens is 3. The molecule has 0 amide bonds. The number of aryl methyl sites for hydroxylation is 1. The SMILES string of the molecule is Cn1nc(C(=O)O)cc1-c1cc(F)cc(F)c1Br. The fourth-order valence-corrected chi connectivity index (χ4v) is 2.00. The summed E-state index contributed by atoms with van der Waals surface area (Å²) in [5.41, 5.74) is 0.316. The van der Waals surface area contributed by atoms with E-state index in [9.17, 15) is 13.6 Å². The monoisotopic (exact) mass is 316 g/mol. The van der Waals surface area contributed by atoms with Gasteiger partial charge in [-0.25, -0.2) is 13.6 Å². The number of carbonyl (C=O) groups is 1. The maximum absolute atomic E-state index is 13.4. The van der Waals surface area contributed by atoms with Crippen LogP contribution in [-0.4, -0.2) is 20.9 Å². The minimum absolute atomic E-state index is 0.0591. The molecule has 0 saturated heterocycles. The lowest BCUT2D eigenvalue weighted by Crippen LogP contribution is -1.99. The van der Waals surface area contributed by atoms with Gasteiger partial charge in [-0.1, -0.05) is 0 Å². The van der Waals surface area contributed by atoms with Crippen molar-refractivity contribution in [2.24, 2.45) is 7.05 Å². The van der Waals surface area contributed by atoms with Gasteiger partial charge in [-0.05, 0) is 28.1 Å². The number of hydrogen-bond donors (Lipinski definition) is 1. The second-order valence-electron chi connectivity index (χ2n) is 3.59. The van der Waals surface area contributed by atoms with Crippen molar-refractivity contribution in [1.82, 2.24) is 9.78 Å². The fourth-order valence-electron chi connectivity index (χ4n) is 1.57. The molecule has 4 nitrogen and oxygen atoms in total. The quantitative estimate of drug-likeness (QED) is 0.867. The van der Waals surface area contributed by atoms with E-state index in [1.807, 2.05) is 0 Å². The van der Waals surface area contributed by atoms with Gasteiger partial charge in [0, 0.05) is 18.7 Å². The van der Waals surface area contributed by atoms with Crippen LogP contribution in [0.1, 0.15) is 10.5 Å². The molecule has 0 bridgehead atoms. The number of carboxylic acid groups (broad SMARTS) is 1. The standard InChI is InChI=1S/C11H7BrF2N2O2/c1-16-9(4-8(15-16)11(17)18)6-2-5(13)3-7(14)10(6)12/h2-4H,1H3,(H,17,18). The molecule has 0 unspecified atom stereocenters. The molecule has 2 aromatic rings. The molecule has 18 heavy (non-hydrogen) atoms. The van der Waals surface area contributed by atoms with Gasteiger partial charge in [0.05, 0.1) is 10.2 Å². The smallest absolute Gasteiger partial charge is 0.356 e. The first-order valence-corrected chi connectivity index (χ1v) is 5.61. The average molecular weight is 317 g/mol. The molecule has 0 aliphatic rings. The number of hydrogen-bond acceptors (Lipinski definition) is 2. The minimum Gasteiger partial charge on any atom is -0.476 e. The Morgan fingerprint density at radius 1 is 1.39 bits per heavy atom. The van der Waals surface area contributed by atoms with Crippen LogP contribution in [0, 0.1) is 11.6 Å². The number of aromatic carboxylic acids is 1. The molecule has 1 N–H and O–H groups in total. The molecule has 0 saturated carbocycles. The van der Waals surface area contributed by atoms with E-state index in [2.05, 4.69) is 21.0 Å². The highest BCUT2D eigenvalue weighted by molar-refractivity contribution is 9.10. The van der Waals surface area contributed by atoms with Crippen molar-refractivity contribution in [3.8, 4) is 11.3 Å². The van der Waals surface area contributed by atoms with Crippen LogP contribution in [0.2, 0.25) is 0 Å². The normalized spacial score (nSPS) is 10.7. The summed E-state index contributed by atoms with van der Waals surface area (Å²) in [6.07, 6.45) is 0. The highest BCUT2D eigenvalue weighted by atomic mass is 79.9. The van der Waals surface area contributed by atoms with E-state index in [-0.39, 0.29) is 15.7 Å². The number of carboxylic acids is 1. The first-order valence-electron chi connectivity index (χ1n) is 4.82. The van der Waals surface area contributed by atoms with Gasteiger partial charge in [0.2, 0.25) is 0 Å². The lowest BCUT2D eigenvalue weighted by Gasteiger charge is -2.06. The first-order chi connectivity index (χ1) is 8.40. The van der Waals surface area contributed by atoms with Crippen LogP contribution in [0.3, 0.4) is 0 Å². The molecule has 2 rings (SSSR count). The van der Waals surface area contributed by atoms with Gasteiger partial charge in [0.25, 0.3) is 0 Å². The van der Waals surface area contributed by atoms with Crippen molar-refractivity contribution in [3.63, 3.8) is 0 Å². The summed E-state index contributed by atoms with van der Waals surface area (Å²) in [4.78, 5) is 10.8. The van der Waals surface area contributed by atoms with Crippen molar-refractivity contribution in [2.75, 3.05) is 0 Å². The van der Waals surface area contributed by atoms with E-state index in [1.54, 1.807) is 0 Å². The summed E-state index contributed by atoms with van der Waals surface area (Å²) >= 11 is 3.00. The Morgan fingerprint density at radius 3 is 2.61 bits per heavy atom. The Labute approximate surface area is 109 Å². The summed E-state index contributed by atoms with van der Waals surface area (Å²) in [7, 11) is 1.50. The van der Waals surface area contributed by atoms with E-state index >= 15 is 0 Å². The maximum atomic E-state index is 13.4. The van der Waals surface area contributed by atoms with Gasteiger partial charge < -0.3 is 5.11 Å². The van der Waals surface area contributed by atoms with E-state index in [1.165, 1.54) is 17.8 Å². The van der Waals surface area contributed by atoms with E-state index in [4.69, 9.17) is 5.11 Å². The molecule has 1 heterocycles. The molecule has 0 radical (unpaired) electrons. The topological polar surface area (TPSA) is 55.1 Å². The second-order valence-corrected chi connectivity index (χ2v) is 4.39. The zero-order valence-electron chi connectivity index (χ0n) is 9.12. The van der Waals surface area contributed by atoms with Crippen molar-refractivity contribution in [3.05, 3.63) is 40.0 Å². The number of aromatic nitrogens is 2. The predicted octanol–water partition coefficient (Wildman–Crippen LogP) is 2.83. The molecule has 0 spiro atoms. The highest BCUT2D eigenvalue weighted by Crippen LogP contribution is 2.31. The van der Waals surface area contributed by atoms with Gasteiger partial charge in [-0.3, -0.25) is 4.68 Å². The van der Waals surface area contributed by atoms with E-state index in [0.717, 1.165) is 12.1 Å². The molecule has 0 atom stereocenters. The largest absolute Gasteiger partial charge is 0.476 e. The van der Waals surface area contributed by atoms with Crippen LogP contribution < -0.4 is 0 Å². The molecular formula is C11H7BrF2N2O2. The van der Waals surface area contributed by atoms with Gasteiger partial charge in [0.15, 0.2) is 5.69 Å². The summed E-state index contributed by atoms with van der Waals surface area (Å²) in [6, 6.07) is 3.10. The zero-order chi connectivity index (χ0) is 13.4. The molecule has 0 fully saturated rings. The van der Waals surface area contributed by atoms with Crippen LogP contribution in [0.15, 0.2) is 22.7 Å². The molecule has 0 aliphatic carbocycles. The molecule has 7 heteroatoms. The molecule has 1 aromatic carbocycles. The minimum atomic E-state index is -1.20. The molecule has 0 aliphatic heterocycles. The number of rotatable bonds is 2. The van der Waals surface area contributed by atoms with Gasteiger partial charge in [-0.2, -0.15) is 5.10 Å². The van der Waals surface area contributed by atoms with Crippen molar-refractivity contribution in [2.45, 2.75) is 0 Å². The Balaban J connectivity index is 2.65. The van der Waals surface area contributed by atoms with Crippen molar-refractivity contribution in [1.29, 1.82) is 0 Å². The number of benzene rings is 1. The van der Waals surface area contributed by atoms with E-state index < -0.39 is 17.6 Å². The lowest BCUT2D eigenvalue weighted by molar-refractivity contribution is 0.0689. The van der Waals surface area contributed by atoms with Gasteiger partial charge >= 0.3 is 5.97 Å². The third-order valence-electron chi connectivity index (χ3n) is 2.37. The third kappa shape index (κ3) is 2.13. The summed E-state index contributed by atoms with van der Waals surface area (Å²) in [6.45, 7) is 0. The van der Waals surface area contributed by atoms with Gasteiger partial charge in [-0.15, -0.1) is 0 Å². The predicted molar refractivity (Wildman–Crippen MR) is 63.2 cm³/mol. The van der Waals surface area contributed by atoms with Crippen LogP contribution in [0.25, 0.3) is 11.3 Å². The third-order valence-corrected chi connectivity index (χ3v) is 3.17. The molecule has 94 valence electrons. The summed E-state index contributed by atoms with van der Waals surface area (Å²) in [5, 5.41) is 12.6. The van der Waals surface area contributed by atoms with Crippen LogP contribution in [0.4, 0.5) is 8.78 Å². The molecule has 1 aromatic heterocycles. The molecular weight excluding hydrogens is 310 g/mol. The fraction of sp³-hybridized carbons (Fsp3) is 0.0909. The second kappa shape index (κ2) is 4.49. The van der Waals surface area contributed by atoms with Crippen LogP contribution in [-0.2, 0) is 7.05 Å². The van der Waals surface area contributed by atoms with Crippen molar-refractivity contribution < 1.29 is 18.7 Å². The van der Waals surface area contributed by atoms with Crippen molar-refractivity contribution >= 4 is 21.9 Å². The Kier molecular flexibility index (Phi) is 3.16. The maximum Gasteiger partial charge on any atom is 0.356 e. The van der Waals surface area contributed by atoms with Crippen LogP contribution >= 0.6 is 15.9 Å². The Morgan fingerprint density at radius 2 is 2.06 bits per heavy atom. The zero-order valence-corrected chi connectivity index (χ0v) is 10.7. The average Bonchev–Trinajstić information content (AvgIpc) is 2.66. The highest BCUT2D eigenvalue weighted by Gasteiger charge is 2.17. The number of nitrogens with zero attached hydrogens (tertiary/aromatic N) is 2. The van der Waals surface area contributed by atoms with Crippen LogP contribution in [0.5, 0.6) is 0 Å².